The number of anilines is 2. The van der Waals surface area contributed by atoms with Crippen molar-refractivity contribution in [3.63, 3.8) is 0 Å². The number of carbonyl (C=O) groups excluding carboxylic acids is 2. The number of amides is 2. The third-order valence-corrected chi connectivity index (χ3v) is 5.25. The lowest BCUT2D eigenvalue weighted by atomic mass is 10.0. The number of benzene rings is 1. The summed E-state index contributed by atoms with van der Waals surface area (Å²) >= 11 is 0. The molecule has 0 saturated carbocycles. The second kappa shape index (κ2) is 9.52. The van der Waals surface area contributed by atoms with Gasteiger partial charge in [0, 0.05) is 29.7 Å². The third kappa shape index (κ3) is 5.12. The highest BCUT2D eigenvalue weighted by Crippen LogP contribution is 2.20. The van der Waals surface area contributed by atoms with Gasteiger partial charge in [-0.05, 0) is 56.6 Å². The predicted octanol–water partition coefficient (Wildman–Crippen LogP) is 2.72. The lowest BCUT2D eigenvalue weighted by molar-refractivity contribution is -0.117. The van der Waals surface area contributed by atoms with E-state index >= 15 is 0 Å². The number of nitrogens with one attached hydrogen (secondary N) is 2. The van der Waals surface area contributed by atoms with Crippen LogP contribution in [-0.2, 0) is 17.8 Å². The smallest absolute Gasteiger partial charge is 0.257 e. The quantitative estimate of drug-likeness (QED) is 0.754. The first-order valence-corrected chi connectivity index (χ1v) is 10.2. The lowest BCUT2D eigenvalue weighted by Gasteiger charge is -2.21. The minimum absolute atomic E-state index is 0.0610. The fourth-order valence-electron chi connectivity index (χ4n) is 3.63. The summed E-state index contributed by atoms with van der Waals surface area (Å²) in [5, 5.41) is 5.76. The van der Waals surface area contributed by atoms with Crippen LogP contribution in [-0.4, -0.2) is 40.9 Å². The molecule has 2 aromatic rings. The molecule has 2 N–H and O–H groups in total. The van der Waals surface area contributed by atoms with Crippen molar-refractivity contribution in [2.45, 2.75) is 39.7 Å². The number of rotatable bonds is 7. The van der Waals surface area contributed by atoms with Crippen LogP contribution in [0.25, 0.3) is 0 Å². The van der Waals surface area contributed by atoms with Crippen molar-refractivity contribution in [3.8, 4) is 0 Å². The van der Waals surface area contributed by atoms with Crippen LogP contribution in [0.15, 0.2) is 41.2 Å². The Labute approximate surface area is 170 Å². The number of fused-ring (bicyclic) bond motifs is 1. The molecule has 0 radical (unpaired) electrons. The molecule has 2 amide bonds. The Hall–Kier alpha value is -2.93. The van der Waals surface area contributed by atoms with Crippen LogP contribution in [0.5, 0.6) is 0 Å². The molecule has 0 aliphatic carbocycles. The SMILES string of the molecule is CCN(CC)CC(=O)Nc1cccc(NC(=O)c2ccc(=O)n3c2CCCC3)c1. The molecule has 0 spiro atoms. The van der Waals surface area contributed by atoms with Gasteiger partial charge in [0.2, 0.25) is 5.91 Å². The Morgan fingerprint density at radius 3 is 2.48 bits per heavy atom. The molecule has 0 unspecified atom stereocenters. The van der Waals surface area contributed by atoms with E-state index in [0.29, 0.717) is 30.0 Å². The van der Waals surface area contributed by atoms with Gasteiger partial charge in [0.15, 0.2) is 0 Å². The first-order chi connectivity index (χ1) is 14.0. The summed E-state index contributed by atoms with van der Waals surface area (Å²) in [7, 11) is 0. The second-order valence-electron chi connectivity index (χ2n) is 7.19. The maximum Gasteiger partial charge on any atom is 0.257 e. The number of nitrogens with zero attached hydrogens (tertiary/aromatic N) is 2. The zero-order valence-electron chi connectivity index (χ0n) is 17.0. The molecule has 7 heteroatoms. The van der Waals surface area contributed by atoms with Crippen molar-refractivity contribution >= 4 is 23.2 Å². The average Bonchev–Trinajstić information content (AvgIpc) is 2.72. The van der Waals surface area contributed by atoms with Gasteiger partial charge < -0.3 is 15.2 Å². The van der Waals surface area contributed by atoms with Gasteiger partial charge in [0.1, 0.15) is 0 Å². The number of aromatic nitrogens is 1. The van der Waals surface area contributed by atoms with Crippen LogP contribution < -0.4 is 16.2 Å². The first-order valence-electron chi connectivity index (χ1n) is 10.2. The van der Waals surface area contributed by atoms with Crippen LogP contribution >= 0.6 is 0 Å². The van der Waals surface area contributed by atoms with Crippen molar-refractivity contribution in [2.24, 2.45) is 0 Å². The van der Waals surface area contributed by atoms with E-state index in [9.17, 15) is 14.4 Å². The summed E-state index contributed by atoms with van der Waals surface area (Å²) in [6.45, 7) is 6.64. The van der Waals surface area contributed by atoms with E-state index in [1.165, 1.54) is 6.07 Å². The van der Waals surface area contributed by atoms with Crippen molar-refractivity contribution in [1.29, 1.82) is 0 Å². The molecular weight excluding hydrogens is 368 g/mol. The molecule has 1 aromatic carbocycles. The van der Waals surface area contributed by atoms with Crippen molar-refractivity contribution < 1.29 is 9.59 Å². The largest absolute Gasteiger partial charge is 0.325 e. The van der Waals surface area contributed by atoms with E-state index in [0.717, 1.165) is 38.0 Å². The minimum Gasteiger partial charge on any atom is -0.325 e. The molecule has 0 saturated heterocycles. The maximum atomic E-state index is 12.8. The van der Waals surface area contributed by atoms with Gasteiger partial charge in [-0.3, -0.25) is 19.3 Å². The van der Waals surface area contributed by atoms with Crippen molar-refractivity contribution in [2.75, 3.05) is 30.3 Å². The second-order valence-corrected chi connectivity index (χ2v) is 7.19. The van der Waals surface area contributed by atoms with Crippen LogP contribution in [0.4, 0.5) is 11.4 Å². The third-order valence-electron chi connectivity index (χ3n) is 5.25. The summed E-state index contributed by atoms with van der Waals surface area (Å²) in [6, 6.07) is 10.1. The van der Waals surface area contributed by atoms with Crippen molar-refractivity contribution in [3.05, 3.63) is 58.0 Å². The van der Waals surface area contributed by atoms with Crippen LogP contribution in [0, 0.1) is 0 Å². The van der Waals surface area contributed by atoms with Gasteiger partial charge in [-0.25, -0.2) is 0 Å². The van der Waals surface area contributed by atoms with Gasteiger partial charge in [-0.15, -0.1) is 0 Å². The van der Waals surface area contributed by atoms with E-state index in [-0.39, 0.29) is 17.4 Å². The molecule has 3 rings (SSSR count). The Morgan fingerprint density at radius 2 is 1.76 bits per heavy atom. The van der Waals surface area contributed by atoms with Gasteiger partial charge >= 0.3 is 0 Å². The van der Waals surface area contributed by atoms with Crippen LogP contribution in [0.2, 0.25) is 0 Å². The van der Waals surface area contributed by atoms with Crippen molar-refractivity contribution in [1.82, 2.24) is 9.47 Å². The van der Waals surface area contributed by atoms with E-state index in [4.69, 9.17) is 0 Å². The van der Waals surface area contributed by atoms with Crippen LogP contribution in [0.3, 0.4) is 0 Å². The van der Waals surface area contributed by atoms with E-state index < -0.39 is 0 Å². The Bertz CT molecular complexity index is 947. The zero-order valence-corrected chi connectivity index (χ0v) is 17.0. The molecular formula is C22H28N4O3. The Kier molecular flexibility index (Phi) is 6.82. The Balaban J connectivity index is 1.71. The number of hydrogen-bond acceptors (Lipinski definition) is 4. The van der Waals surface area contributed by atoms with Gasteiger partial charge in [-0.1, -0.05) is 19.9 Å². The fraction of sp³-hybridized carbons (Fsp3) is 0.409. The Morgan fingerprint density at radius 1 is 1.03 bits per heavy atom. The van der Waals surface area contributed by atoms with E-state index in [2.05, 4.69) is 10.6 Å². The van der Waals surface area contributed by atoms with E-state index in [1.807, 2.05) is 18.7 Å². The number of carbonyl (C=O) groups is 2. The monoisotopic (exact) mass is 396 g/mol. The number of likely N-dealkylation sites (N-methyl/N-ethyl adjacent to an activating group) is 1. The number of pyridine rings is 1. The standard InChI is InChI=1S/C22H28N4O3/c1-3-25(4-2)15-20(27)23-16-8-7-9-17(14-16)24-22(29)18-11-12-21(28)26-13-6-5-10-19(18)26/h7-9,11-12,14H,3-6,10,13,15H2,1-2H3,(H,23,27)(H,24,29). The molecule has 0 bridgehead atoms. The highest BCUT2D eigenvalue weighted by molar-refractivity contribution is 6.05. The molecule has 0 atom stereocenters. The van der Waals surface area contributed by atoms with E-state index in [1.54, 1.807) is 34.9 Å². The summed E-state index contributed by atoms with van der Waals surface area (Å²) in [6.07, 6.45) is 2.64. The summed E-state index contributed by atoms with van der Waals surface area (Å²) in [5.41, 5.74) is 2.49. The topological polar surface area (TPSA) is 83.4 Å². The minimum atomic E-state index is -0.248. The molecule has 1 aliphatic heterocycles. The highest BCUT2D eigenvalue weighted by Gasteiger charge is 2.19. The lowest BCUT2D eigenvalue weighted by Crippen LogP contribution is -2.32. The molecule has 7 nitrogen and oxygen atoms in total. The molecule has 1 aliphatic rings. The summed E-state index contributed by atoms with van der Waals surface area (Å²) < 4.78 is 1.70. The fourth-order valence-corrected chi connectivity index (χ4v) is 3.63. The normalized spacial score (nSPS) is 13.1. The molecule has 2 heterocycles. The van der Waals surface area contributed by atoms with Gasteiger partial charge in [-0.2, -0.15) is 0 Å². The highest BCUT2D eigenvalue weighted by atomic mass is 16.2. The molecule has 154 valence electrons. The van der Waals surface area contributed by atoms with Gasteiger partial charge in [0.25, 0.3) is 11.5 Å². The molecule has 0 fully saturated rings. The van der Waals surface area contributed by atoms with Crippen LogP contribution in [0.1, 0.15) is 42.7 Å². The number of hydrogen-bond donors (Lipinski definition) is 2. The predicted molar refractivity (Wildman–Crippen MR) is 114 cm³/mol. The van der Waals surface area contributed by atoms with Gasteiger partial charge in [0.05, 0.1) is 12.1 Å². The maximum absolute atomic E-state index is 12.8. The summed E-state index contributed by atoms with van der Waals surface area (Å²) in [5.74, 6) is -0.337. The molecule has 29 heavy (non-hydrogen) atoms. The average molecular weight is 396 g/mol. The summed E-state index contributed by atoms with van der Waals surface area (Å²) in [4.78, 5) is 39.1. The molecule has 1 aromatic heterocycles. The zero-order chi connectivity index (χ0) is 20.8. The first kappa shape index (κ1) is 20.8.